The number of ether oxygens (including phenoxy) is 5. The topological polar surface area (TPSA) is 172 Å². The summed E-state index contributed by atoms with van der Waals surface area (Å²) in [6.45, 7) is 6.91. The van der Waals surface area contributed by atoms with Gasteiger partial charge in [-0.2, -0.15) is 0 Å². The normalized spacial score (nSPS) is 28.9. The number of benzene rings is 1. The molecule has 5 atom stereocenters. The molecule has 6 aliphatic rings. The van der Waals surface area contributed by atoms with Gasteiger partial charge in [0, 0.05) is 18.3 Å². The Bertz CT molecular complexity index is 2020. The van der Waals surface area contributed by atoms with Crippen molar-refractivity contribution in [1.82, 2.24) is 20.5 Å². The molecule has 1 aromatic carbocycles. The Kier molecular flexibility index (Phi) is 9.28. The number of allylic oxidation sites excluding steroid dienone is 1. The van der Waals surface area contributed by atoms with Gasteiger partial charge in [-0.25, -0.2) is 14.6 Å². The van der Waals surface area contributed by atoms with Gasteiger partial charge in [-0.15, -0.1) is 0 Å². The summed E-state index contributed by atoms with van der Waals surface area (Å²) in [4.78, 5) is 77.2. The van der Waals surface area contributed by atoms with Crippen molar-refractivity contribution < 1.29 is 47.7 Å². The number of ketones is 1. The van der Waals surface area contributed by atoms with Crippen molar-refractivity contribution in [1.29, 1.82) is 0 Å². The maximum atomic E-state index is 14.8. The van der Waals surface area contributed by atoms with Gasteiger partial charge in [0.15, 0.2) is 28.6 Å². The van der Waals surface area contributed by atoms with E-state index in [0.29, 0.717) is 52.3 Å². The third-order valence-corrected chi connectivity index (χ3v) is 11.2. The van der Waals surface area contributed by atoms with E-state index in [1.165, 1.54) is 4.90 Å². The maximum Gasteiger partial charge on any atom is 0.408 e. The summed E-state index contributed by atoms with van der Waals surface area (Å²) in [5, 5.41) is 6.26. The molecule has 14 heteroatoms. The van der Waals surface area contributed by atoms with Gasteiger partial charge < -0.3 is 39.2 Å². The van der Waals surface area contributed by atoms with Crippen LogP contribution in [0.3, 0.4) is 0 Å². The van der Waals surface area contributed by atoms with Crippen LogP contribution in [0.15, 0.2) is 36.4 Å². The number of nitrogens with zero attached hydrogens (tertiary/aromatic N) is 2. The van der Waals surface area contributed by atoms with Crippen molar-refractivity contribution in [3.05, 3.63) is 47.7 Å². The van der Waals surface area contributed by atoms with E-state index in [2.05, 4.69) is 10.6 Å². The molecule has 5 unspecified atom stereocenters. The number of amides is 3. The summed E-state index contributed by atoms with van der Waals surface area (Å²) in [6, 6.07) is 1.40. The van der Waals surface area contributed by atoms with Gasteiger partial charge >= 0.3 is 12.1 Å². The molecule has 0 bridgehead atoms. The van der Waals surface area contributed by atoms with E-state index in [1.54, 1.807) is 39.8 Å². The van der Waals surface area contributed by atoms with Crippen LogP contribution in [0, 0.1) is 5.92 Å². The molecule has 1 spiro atoms. The molecule has 55 heavy (non-hydrogen) atoms. The van der Waals surface area contributed by atoms with Crippen LogP contribution < -0.4 is 24.8 Å². The summed E-state index contributed by atoms with van der Waals surface area (Å²) < 4.78 is 29.5. The first-order valence-electron chi connectivity index (χ1n) is 19.4. The number of carbonyl (C=O) groups is 5. The van der Waals surface area contributed by atoms with Crippen LogP contribution in [0.1, 0.15) is 107 Å². The van der Waals surface area contributed by atoms with Crippen LogP contribution in [0.5, 0.6) is 17.2 Å². The summed E-state index contributed by atoms with van der Waals surface area (Å²) in [5.74, 6) is -1.04. The van der Waals surface area contributed by atoms with Gasteiger partial charge in [0.1, 0.15) is 23.3 Å². The predicted molar refractivity (Wildman–Crippen MR) is 198 cm³/mol. The minimum absolute atomic E-state index is 0.0120. The lowest BCUT2D eigenvalue weighted by Gasteiger charge is -2.41. The number of pyridine rings is 1. The number of carbonyl (C=O) groups excluding carboxylic acids is 5. The SMILES string of the molecule is CCOC(=O)C12C=CC1C=CCCCCCC(NC(=O)OC(C)(C)C)C(=O)N1CC3(CC(=O)c4c(c(C5CC5)nc5ccc6c(c45)OCO6)O3)CC1C(=O)N2. The van der Waals surface area contributed by atoms with Gasteiger partial charge in [-0.05, 0) is 71.9 Å². The van der Waals surface area contributed by atoms with Crippen molar-refractivity contribution in [2.24, 2.45) is 5.92 Å². The first-order chi connectivity index (χ1) is 26.3. The predicted octanol–water partition coefficient (Wildman–Crippen LogP) is 5.16. The average Bonchev–Trinajstić information content (AvgIpc) is 3.73. The molecule has 2 fully saturated rings. The molecule has 8 rings (SSSR count). The van der Waals surface area contributed by atoms with Crippen molar-refractivity contribution in [3.63, 3.8) is 0 Å². The van der Waals surface area contributed by atoms with Crippen molar-refractivity contribution >= 4 is 40.6 Å². The summed E-state index contributed by atoms with van der Waals surface area (Å²) in [6.07, 6.45) is 11.4. The first kappa shape index (κ1) is 36.8. The molecule has 0 radical (unpaired) electrons. The Morgan fingerprint density at radius 1 is 1.05 bits per heavy atom. The molecule has 2 N–H and O–H groups in total. The second-order valence-electron chi connectivity index (χ2n) is 16.5. The Balaban J connectivity index is 1.20. The van der Waals surface area contributed by atoms with Gasteiger partial charge in [-0.3, -0.25) is 14.4 Å². The van der Waals surface area contributed by atoms with E-state index in [4.69, 9.17) is 28.7 Å². The van der Waals surface area contributed by atoms with Gasteiger partial charge in [0.05, 0.1) is 41.7 Å². The molecular weight excluding hydrogens is 708 g/mol. The zero-order valence-corrected chi connectivity index (χ0v) is 31.7. The Labute approximate surface area is 319 Å². The van der Waals surface area contributed by atoms with E-state index >= 15 is 0 Å². The standard InChI is InChI=1S/C41H48N4O10/c1-5-51-37(49)41-18-17-24(41)11-9-7-6-8-10-12-26(43-38(50)55-39(2,3)4)36(48)45-21-40(19-27(45)35(47)44-41)20-28(46)31-30-25(15-16-29-33(30)53-22-52-29)42-32(23-13-14-23)34(31)54-40/h9,11,15-18,23-24,26-27H,5-8,10,12-14,19-22H2,1-4H3,(H,43,50)(H,44,47). The minimum Gasteiger partial charge on any atom is -0.482 e. The second-order valence-corrected chi connectivity index (χ2v) is 16.5. The lowest BCUT2D eigenvalue weighted by molar-refractivity contribution is -0.154. The second kappa shape index (κ2) is 13.9. The van der Waals surface area contributed by atoms with E-state index in [0.717, 1.165) is 32.1 Å². The summed E-state index contributed by atoms with van der Waals surface area (Å²) in [5.41, 5.74) is -1.99. The highest BCUT2D eigenvalue weighted by Crippen LogP contribution is 2.53. The van der Waals surface area contributed by atoms with Crippen LogP contribution in [0.2, 0.25) is 0 Å². The molecule has 3 amide bonds. The van der Waals surface area contributed by atoms with Gasteiger partial charge in [0.2, 0.25) is 18.6 Å². The fraction of sp³-hybridized carbons (Fsp3) is 0.561. The third kappa shape index (κ3) is 6.77. The first-order valence-corrected chi connectivity index (χ1v) is 19.4. The van der Waals surface area contributed by atoms with Crippen LogP contribution in [0.4, 0.5) is 4.79 Å². The number of Topliss-reactive ketones (excluding diaryl/α,β-unsaturated/α-hetero) is 1. The average molecular weight is 757 g/mol. The number of alkyl carbamates (subject to hydrolysis) is 1. The number of esters is 1. The van der Waals surface area contributed by atoms with Gasteiger partial charge in [-0.1, -0.05) is 37.1 Å². The molecule has 1 saturated carbocycles. The van der Waals surface area contributed by atoms with E-state index < -0.39 is 58.6 Å². The number of aromatic nitrogens is 1. The highest BCUT2D eigenvalue weighted by molar-refractivity contribution is 6.14. The third-order valence-electron chi connectivity index (χ3n) is 11.2. The molecule has 4 aliphatic heterocycles. The Morgan fingerprint density at radius 2 is 1.87 bits per heavy atom. The van der Waals surface area contributed by atoms with Crippen LogP contribution >= 0.6 is 0 Å². The summed E-state index contributed by atoms with van der Waals surface area (Å²) in [7, 11) is 0. The van der Waals surface area contributed by atoms with E-state index in [9.17, 15) is 24.0 Å². The Hall–Kier alpha value is -5.14. The molecule has 2 aromatic rings. The van der Waals surface area contributed by atoms with Crippen molar-refractivity contribution in [3.8, 4) is 17.2 Å². The quantitative estimate of drug-likeness (QED) is 0.312. The number of hydrogen-bond donors (Lipinski definition) is 2. The summed E-state index contributed by atoms with van der Waals surface area (Å²) >= 11 is 0. The molecule has 2 aliphatic carbocycles. The molecule has 1 saturated heterocycles. The van der Waals surface area contributed by atoms with Crippen molar-refractivity contribution in [2.45, 2.75) is 120 Å². The monoisotopic (exact) mass is 756 g/mol. The molecule has 14 nitrogen and oxygen atoms in total. The molecule has 292 valence electrons. The molecule has 1 aromatic heterocycles. The largest absolute Gasteiger partial charge is 0.482 e. The van der Waals surface area contributed by atoms with E-state index in [-0.39, 0.29) is 44.5 Å². The Morgan fingerprint density at radius 3 is 2.60 bits per heavy atom. The van der Waals surface area contributed by atoms with Crippen LogP contribution in [-0.4, -0.2) is 88.3 Å². The zero-order valence-electron chi connectivity index (χ0n) is 31.7. The van der Waals surface area contributed by atoms with Crippen LogP contribution in [0.25, 0.3) is 10.9 Å². The number of nitrogens with one attached hydrogen (secondary N) is 2. The lowest BCUT2D eigenvalue weighted by atomic mass is 9.73. The van der Waals surface area contributed by atoms with Crippen LogP contribution in [-0.2, 0) is 23.9 Å². The van der Waals surface area contributed by atoms with E-state index in [1.807, 2.05) is 24.3 Å². The minimum atomic E-state index is -1.48. The molecule has 5 heterocycles. The number of fused-ring (bicyclic) bond motifs is 7. The smallest absolute Gasteiger partial charge is 0.408 e. The number of rotatable bonds is 4. The fourth-order valence-electron chi connectivity index (χ4n) is 8.44. The highest BCUT2D eigenvalue weighted by Gasteiger charge is 2.58. The lowest BCUT2D eigenvalue weighted by Crippen LogP contribution is -2.65. The highest BCUT2D eigenvalue weighted by atomic mass is 16.7. The van der Waals surface area contributed by atoms with Gasteiger partial charge in [0.25, 0.3) is 0 Å². The maximum absolute atomic E-state index is 14.8. The fourth-order valence-corrected chi connectivity index (χ4v) is 8.44. The molecular formula is C41H48N4O10. The van der Waals surface area contributed by atoms with Crippen molar-refractivity contribution in [2.75, 3.05) is 19.9 Å². The zero-order chi connectivity index (χ0) is 38.7. The number of hydrogen-bond acceptors (Lipinski definition) is 11.